The number of piperazine rings is 1. The van der Waals surface area contributed by atoms with Crippen LogP contribution in [-0.4, -0.2) is 54.1 Å². The second kappa shape index (κ2) is 5.67. The molecule has 2 rings (SSSR count). The van der Waals surface area contributed by atoms with E-state index in [1.165, 1.54) is 12.1 Å². The summed E-state index contributed by atoms with van der Waals surface area (Å²) in [6, 6.07) is 3.58. The van der Waals surface area contributed by atoms with Gasteiger partial charge in [0.2, 0.25) is 0 Å². The molecule has 0 bridgehead atoms. The van der Waals surface area contributed by atoms with Crippen LogP contribution in [0, 0.1) is 12.7 Å². The fraction of sp³-hybridized carbons (Fsp3) is 0.500. The predicted molar refractivity (Wildman–Crippen MR) is 70.6 cm³/mol. The van der Waals surface area contributed by atoms with Crippen LogP contribution in [0.5, 0.6) is 0 Å². The summed E-state index contributed by atoms with van der Waals surface area (Å²) >= 11 is 0. The van der Waals surface area contributed by atoms with Crippen LogP contribution in [0.2, 0.25) is 0 Å². The van der Waals surface area contributed by atoms with Gasteiger partial charge in [-0.15, -0.1) is 0 Å². The van der Waals surface area contributed by atoms with Gasteiger partial charge in [0.15, 0.2) is 0 Å². The first-order valence-corrected chi connectivity index (χ1v) is 6.40. The Kier molecular flexibility index (Phi) is 4.17. The summed E-state index contributed by atoms with van der Waals surface area (Å²) in [4.78, 5) is 15.6. The first kappa shape index (κ1) is 14.0. The van der Waals surface area contributed by atoms with Crippen LogP contribution in [-0.2, 0) is 4.79 Å². The quantitative estimate of drug-likeness (QED) is 0.900. The maximum Gasteiger partial charge on any atom is 0.325 e. The number of aryl methyl sites for hydroxylation is 1. The van der Waals surface area contributed by atoms with Crippen LogP contribution in [0.4, 0.5) is 4.39 Å². The van der Waals surface area contributed by atoms with Crippen molar-refractivity contribution in [1.29, 1.82) is 0 Å². The zero-order valence-corrected chi connectivity index (χ0v) is 11.3. The lowest BCUT2D eigenvalue weighted by Gasteiger charge is -2.36. The average Bonchev–Trinajstić information content (AvgIpc) is 2.36. The minimum Gasteiger partial charge on any atom is -0.480 e. The van der Waals surface area contributed by atoms with Gasteiger partial charge in [-0.25, -0.2) is 4.39 Å². The number of hydrogen-bond donors (Lipinski definition) is 1. The number of carboxylic acids is 1. The molecule has 0 saturated carbocycles. The van der Waals surface area contributed by atoms with Crippen molar-refractivity contribution in [3.8, 4) is 0 Å². The Morgan fingerprint density at radius 1 is 1.32 bits per heavy atom. The highest BCUT2D eigenvalue weighted by atomic mass is 19.1. The van der Waals surface area contributed by atoms with Crippen LogP contribution in [0.1, 0.15) is 17.2 Å². The van der Waals surface area contributed by atoms with Gasteiger partial charge in [-0.2, -0.15) is 0 Å². The Hall–Kier alpha value is -1.46. The first-order chi connectivity index (χ1) is 8.99. The van der Waals surface area contributed by atoms with E-state index in [2.05, 4.69) is 4.90 Å². The van der Waals surface area contributed by atoms with Gasteiger partial charge in [0.25, 0.3) is 0 Å². The number of aliphatic carboxylic acids is 1. The number of halogens is 1. The smallest absolute Gasteiger partial charge is 0.325 e. The molecule has 1 fully saturated rings. The maximum atomic E-state index is 13.4. The Morgan fingerprint density at radius 2 is 1.95 bits per heavy atom. The summed E-state index contributed by atoms with van der Waals surface area (Å²) in [6.07, 6.45) is 0. The van der Waals surface area contributed by atoms with Gasteiger partial charge in [0, 0.05) is 26.2 Å². The van der Waals surface area contributed by atoms with Gasteiger partial charge >= 0.3 is 5.97 Å². The second-order valence-corrected chi connectivity index (χ2v) is 5.08. The molecular weight excluding hydrogens is 247 g/mol. The summed E-state index contributed by atoms with van der Waals surface area (Å²) < 4.78 is 13.4. The predicted octanol–water partition coefficient (Wildman–Crippen LogP) is 1.51. The summed E-state index contributed by atoms with van der Waals surface area (Å²) in [7, 11) is 2.01. The van der Waals surface area contributed by atoms with Gasteiger partial charge in [-0.1, -0.05) is 6.07 Å². The van der Waals surface area contributed by atoms with Gasteiger partial charge < -0.3 is 10.0 Å². The molecule has 5 heteroatoms. The highest BCUT2D eigenvalue weighted by molar-refractivity contribution is 5.76. The third kappa shape index (κ3) is 3.11. The zero-order chi connectivity index (χ0) is 14.0. The van der Waals surface area contributed by atoms with Gasteiger partial charge in [-0.3, -0.25) is 9.69 Å². The number of carbonyl (C=O) groups is 1. The Balaban J connectivity index is 2.30. The van der Waals surface area contributed by atoms with Crippen molar-refractivity contribution >= 4 is 5.97 Å². The van der Waals surface area contributed by atoms with Crippen LogP contribution in [0.3, 0.4) is 0 Å². The largest absolute Gasteiger partial charge is 0.480 e. The molecule has 4 nitrogen and oxygen atoms in total. The number of hydrogen-bond acceptors (Lipinski definition) is 3. The van der Waals surface area contributed by atoms with E-state index in [9.17, 15) is 14.3 Å². The molecule has 1 N–H and O–H groups in total. The lowest BCUT2D eigenvalue weighted by Crippen LogP contribution is -2.48. The van der Waals surface area contributed by atoms with Crippen LogP contribution in [0.15, 0.2) is 18.2 Å². The fourth-order valence-electron chi connectivity index (χ4n) is 2.47. The molecule has 1 aliphatic rings. The molecule has 104 valence electrons. The maximum absolute atomic E-state index is 13.4. The van der Waals surface area contributed by atoms with Crippen LogP contribution in [0.25, 0.3) is 0 Å². The minimum absolute atomic E-state index is 0.388. The van der Waals surface area contributed by atoms with E-state index in [1.807, 2.05) is 18.9 Å². The number of benzene rings is 1. The molecule has 19 heavy (non-hydrogen) atoms. The van der Waals surface area contributed by atoms with Crippen molar-refractivity contribution in [2.45, 2.75) is 13.0 Å². The summed E-state index contributed by atoms with van der Waals surface area (Å²) in [5.74, 6) is -1.31. The van der Waals surface area contributed by atoms with Crippen molar-refractivity contribution in [2.75, 3.05) is 33.2 Å². The first-order valence-electron chi connectivity index (χ1n) is 6.40. The summed E-state index contributed by atoms with van der Waals surface area (Å²) in [5.41, 5.74) is 1.37. The zero-order valence-electron chi connectivity index (χ0n) is 11.3. The molecule has 0 spiro atoms. The van der Waals surface area contributed by atoms with E-state index in [-0.39, 0.29) is 5.82 Å². The average molecular weight is 266 g/mol. The third-order valence-corrected chi connectivity index (χ3v) is 3.67. The summed E-state index contributed by atoms with van der Waals surface area (Å²) in [5, 5.41) is 9.48. The highest BCUT2D eigenvalue weighted by Gasteiger charge is 2.30. The second-order valence-electron chi connectivity index (χ2n) is 5.08. The number of carboxylic acid groups (broad SMARTS) is 1. The Bertz CT molecular complexity index is 471. The van der Waals surface area contributed by atoms with Crippen molar-refractivity contribution in [1.82, 2.24) is 9.80 Å². The molecule has 1 atom stereocenters. The Labute approximate surface area is 112 Å². The molecule has 0 amide bonds. The third-order valence-electron chi connectivity index (χ3n) is 3.67. The lowest BCUT2D eigenvalue weighted by molar-refractivity contribution is -0.144. The number of nitrogens with zero attached hydrogens (tertiary/aromatic N) is 2. The number of rotatable bonds is 3. The topological polar surface area (TPSA) is 43.8 Å². The molecule has 0 aromatic heterocycles. The highest BCUT2D eigenvalue weighted by Crippen LogP contribution is 2.26. The van der Waals surface area contributed by atoms with E-state index in [4.69, 9.17) is 0 Å². The SMILES string of the molecule is Cc1ccc(F)cc1C(C(=O)O)N1CCN(C)CC1. The number of likely N-dealkylation sites (N-methyl/N-ethyl adjacent to an activating group) is 1. The molecule has 1 aliphatic heterocycles. The lowest BCUT2D eigenvalue weighted by atomic mass is 9.99. The molecule has 0 radical (unpaired) electrons. The molecule has 1 saturated heterocycles. The van der Waals surface area contributed by atoms with Crippen LogP contribution < -0.4 is 0 Å². The minimum atomic E-state index is -0.918. The van der Waals surface area contributed by atoms with Gasteiger partial charge in [0.1, 0.15) is 11.9 Å². The fourth-order valence-corrected chi connectivity index (χ4v) is 2.47. The summed E-state index contributed by atoms with van der Waals surface area (Å²) in [6.45, 7) is 4.85. The molecule has 1 aromatic carbocycles. The van der Waals surface area contributed by atoms with Gasteiger partial charge in [-0.05, 0) is 37.2 Å². The molecule has 1 aromatic rings. The standard InChI is InChI=1S/C14H19FN2O2/c1-10-3-4-11(15)9-12(10)13(14(18)19)17-7-5-16(2)6-8-17/h3-4,9,13H,5-8H2,1-2H3,(H,18,19). The molecule has 1 unspecified atom stereocenters. The van der Waals surface area contributed by atoms with Crippen molar-refractivity contribution in [3.63, 3.8) is 0 Å². The van der Waals surface area contributed by atoms with E-state index in [1.54, 1.807) is 6.07 Å². The normalized spacial score (nSPS) is 19.3. The van der Waals surface area contributed by atoms with E-state index in [0.717, 1.165) is 18.7 Å². The molecular formula is C14H19FN2O2. The molecule has 0 aliphatic carbocycles. The van der Waals surface area contributed by atoms with Gasteiger partial charge in [0.05, 0.1) is 0 Å². The van der Waals surface area contributed by atoms with E-state index in [0.29, 0.717) is 18.7 Å². The van der Waals surface area contributed by atoms with Crippen LogP contribution >= 0.6 is 0 Å². The van der Waals surface area contributed by atoms with Crippen molar-refractivity contribution < 1.29 is 14.3 Å². The van der Waals surface area contributed by atoms with E-state index >= 15 is 0 Å². The Morgan fingerprint density at radius 3 is 2.53 bits per heavy atom. The van der Waals surface area contributed by atoms with E-state index < -0.39 is 12.0 Å². The van der Waals surface area contributed by atoms with Crippen molar-refractivity contribution in [2.24, 2.45) is 0 Å². The van der Waals surface area contributed by atoms with Crippen molar-refractivity contribution in [3.05, 3.63) is 35.1 Å². The molecule has 1 heterocycles. The monoisotopic (exact) mass is 266 g/mol.